The van der Waals surface area contributed by atoms with E-state index in [1.165, 1.54) is 5.56 Å². The normalized spacial score (nSPS) is 10.3. The minimum absolute atomic E-state index is 0.686. The molecule has 1 heterocycles. The van der Waals surface area contributed by atoms with Gasteiger partial charge in [0, 0.05) is 19.2 Å². The lowest BCUT2D eigenvalue weighted by Crippen LogP contribution is -2.04. The maximum atomic E-state index is 5.64. The van der Waals surface area contributed by atoms with Crippen LogP contribution < -0.4 is 9.47 Å². The molecule has 0 saturated heterocycles. The van der Waals surface area contributed by atoms with Crippen molar-refractivity contribution in [3.8, 4) is 11.5 Å². The predicted octanol–water partition coefficient (Wildman–Crippen LogP) is 2.67. The van der Waals surface area contributed by atoms with Crippen molar-refractivity contribution in [2.45, 2.75) is 19.9 Å². The molecule has 0 unspecified atom stereocenters. The number of ether oxygens (including phenoxy) is 2. The van der Waals surface area contributed by atoms with E-state index in [9.17, 15) is 0 Å². The molecule has 0 spiro atoms. The Morgan fingerprint density at radius 3 is 2.50 bits per heavy atom. The summed E-state index contributed by atoms with van der Waals surface area (Å²) in [6.45, 7) is 3.60. The van der Waals surface area contributed by atoms with Crippen molar-refractivity contribution in [1.29, 1.82) is 0 Å². The Hall–Kier alpha value is -1.97. The summed E-state index contributed by atoms with van der Waals surface area (Å²) in [5, 5.41) is 4.23. The van der Waals surface area contributed by atoms with Crippen molar-refractivity contribution in [2.24, 2.45) is 0 Å². The number of aromatic nitrogens is 2. The highest BCUT2D eigenvalue weighted by Crippen LogP contribution is 2.17. The molecule has 0 fully saturated rings. The minimum Gasteiger partial charge on any atom is -0.497 e. The van der Waals surface area contributed by atoms with Crippen LogP contribution in [0.1, 0.15) is 12.0 Å². The average Bonchev–Trinajstić information content (AvgIpc) is 2.81. The zero-order valence-electron chi connectivity index (χ0n) is 10.8. The zero-order valence-corrected chi connectivity index (χ0v) is 10.8. The monoisotopic (exact) mass is 246 g/mol. The van der Waals surface area contributed by atoms with E-state index in [4.69, 9.17) is 9.47 Å². The first-order valence-electron chi connectivity index (χ1n) is 6.04. The van der Waals surface area contributed by atoms with Gasteiger partial charge in [0.05, 0.1) is 19.9 Å². The third kappa shape index (κ3) is 3.52. The Bertz CT molecular complexity index is 477. The predicted molar refractivity (Wildman–Crippen MR) is 70.1 cm³/mol. The van der Waals surface area contributed by atoms with Crippen LogP contribution in [-0.4, -0.2) is 23.5 Å². The molecule has 2 aromatic rings. The summed E-state index contributed by atoms with van der Waals surface area (Å²) in [4.78, 5) is 0. The van der Waals surface area contributed by atoms with Crippen LogP contribution in [0.2, 0.25) is 0 Å². The van der Waals surface area contributed by atoms with E-state index in [1.807, 2.05) is 48.3 Å². The fourth-order valence-corrected chi connectivity index (χ4v) is 1.68. The summed E-state index contributed by atoms with van der Waals surface area (Å²) in [6.07, 6.45) is 4.84. The number of hydrogen-bond acceptors (Lipinski definition) is 3. The number of rotatable bonds is 6. The first-order chi connectivity index (χ1) is 8.78. The molecule has 18 heavy (non-hydrogen) atoms. The number of methoxy groups -OCH3 is 1. The lowest BCUT2D eigenvalue weighted by molar-refractivity contribution is 0.298. The molecule has 0 bridgehead atoms. The highest BCUT2D eigenvalue weighted by atomic mass is 16.5. The van der Waals surface area contributed by atoms with Gasteiger partial charge in [-0.1, -0.05) is 0 Å². The summed E-state index contributed by atoms with van der Waals surface area (Å²) in [5.74, 6) is 1.71. The van der Waals surface area contributed by atoms with Crippen molar-refractivity contribution in [3.05, 3.63) is 42.2 Å². The second kappa shape index (κ2) is 6.10. The number of hydrogen-bond donors (Lipinski definition) is 0. The van der Waals surface area contributed by atoms with Gasteiger partial charge < -0.3 is 9.47 Å². The SMILES string of the molecule is COc1ccc(OCCCn2cc(C)cn2)cc1. The van der Waals surface area contributed by atoms with Gasteiger partial charge >= 0.3 is 0 Å². The molecule has 0 aliphatic rings. The van der Waals surface area contributed by atoms with Gasteiger partial charge in [-0.05, 0) is 36.8 Å². The zero-order chi connectivity index (χ0) is 12.8. The first kappa shape index (κ1) is 12.5. The van der Waals surface area contributed by atoms with Crippen molar-refractivity contribution < 1.29 is 9.47 Å². The second-order valence-electron chi connectivity index (χ2n) is 4.16. The summed E-state index contributed by atoms with van der Waals surface area (Å²) < 4.78 is 12.7. The van der Waals surface area contributed by atoms with Crippen LogP contribution in [0.15, 0.2) is 36.7 Å². The summed E-state index contributed by atoms with van der Waals surface area (Å²) >= 11 is 0. The van der Waals surface area contributed by atoms with E-state index in [0.717, 1.165) is 24.5 Å². The van der Waals surface area contributed by atoms with E-state index in [0.29, 0.717) is 6.61 Å². The Balaban J connectivity index is 1.71. The fraction of sp³-hybridized carbons (Fsp3) is 0.357. The van der Waals surface area contributed by atoms with Gasteiger partial charge in [0.15, 0.2) is 0 Å². The van der Waals surface area contributed by atoms with Crippen molar-refractivity contribution in [3.63, 3.8) is 0 Å². The van der Waals surface area contributed by atoms with Crippen molar-refractivity contribution in [2.75, 3.05) is 13.7 Å². The number of aryl methyl sites for hydroxylation is 2. The van der Waals surface area contributed by atoms with E-state index >= 15 is 0 Å². The van der Waals surface area contributed by atoms with Crippen LogP contribution in [0.3, 0.4) is 0 Å². The Morgan fingerprint density at radius 1 is 1.17 bits per heavy atom. The Kier molecular flexibility index (Phi) is 4.23. The maximum Gasteiger partial charge on any atom is 0.119 e. The van der Waals surface area contributed by atoms with E-state index < -0.39 is 0 Å². The summed E-state index contributed by atoms with van der Waals surface area (Å²) in [7, 11) is 1.65. The topological polar surface area (TPSA) is 36.3 Å². The number of nitrogens with zero attached hydrogens (tertiary/aromatic N) is 2. The van der Waals surface area contributed by atoms with Gasteiger partial charge in [-0.3, -0.25) is 4.68 Å². The van der Waals surface area contributed by atoms with Crippen LogP contribution >= 0.6 is 0 Å². The number of benzene rings is 1. The molecule has 4 nitrogen and oxygen atoms in total. The van der Waals surface area contributed by atoms with Gasteiger partial charge in [-0.2, -0.15) is 5.10 Å². The smallest absolute Gasteiger partial charge is 0.119 e. The van der Waals surface area contributed by atoms with Gasteiger partial charge in [-0.15, -0.1) is 0 Å². The van der Waals surface area contributed by atoms with E-state index in [1.54, 1.807) is 7.11 Å². The molecule has 0 saturated carbocycles. The molecule has 0 atom stereocenters. The third-order valence-electron chi connectivity index (χ3n) is 2.62. The van der Waals surface area contributed by atoms with E-state index in [-0.39, 0.29) is 0 Å². The molecule has 0 amide bonds. The molecule has 2 rings (SSSR count). The average molecular weight is 246 g/mol. The molecule has 1 aromatic carbocycles. The third-order valence-corrected chi connectivity index (χ3v) is 2.62. The van der Waals surface area contributed by atoms with Gasteiger partial charge in [0.25, 0.3) is 0 Å². The standard InChI is InChI=1S/C14H18N2O2/c1-12-10-15-16(11-12)8-3-9-18-14-6-4-13(17-2)5-7-14/h4-7,10-11H,3,8-9H2,1-2H3. The fourth-order valence-electron chi connectivity index (χ4n) is 1.68. The molecule has 96 valence electrons. The second-order valence-corrected chi connectivity index (χ2v) is 4.16. The Morgan fingerprint density at radius 2 is 1.89 bits per heavy atom. The minimum atomic E-state index is 0.686. The van der Waals surface area contributed by atoms with Crippen LogP contribution in [0.4, 0.5) is 0 Å². The van der Waals surface area contributed by atoms with Crippen LogP contribution in [-0.2, 0) is 6.54 Å². The van der Waals surface area contributed by atoms with Gasteiger partial charge in [0.1, 0.15) is 11.5 Å². The maximum absolute atomic E-state index is 5.64. The molecule has 0 aliphatic heterocycles. The molecule has 0 aliphatic carbocycles. The Labute approximate surface area is 107 Å². The van der Waals surface area contributed by atoms with Crippen LogP contribution in [0, 0.1) is 6.92 Å². The van der Waals surface area contributed by atoms with Crippen LogP contribution in [0.25, 0.3) is 0 Å². The lowest BCUT2D eigenvalue weighted by atomic mass is 10.3. The van der Waals surface area contributed by atoms with E-state index in [2.05, 4.69) is 5.10 Å². The molecule has 0 N–H and O–H groups in total. The van der Waals surface area contributed by atoms with Gasteiger partial charge in [0.2, 0.25) is 0 Å². The molecule has 4 heteroatoms. The molecular weight excluding hydrogens is 228 g/mol. The molecular formula is C14H18N2O2. The van der Waals surface area contributed by atoms with Crippen molar-refractivity contribution in [1.82, 2.24) is 9.78 Å². The summed E-state index contributed by atoms with van der Waals surface area (Å²) in [6, 6.07) is 7.62. The highest BCUT2D eigenvalue weighted by Gasteiger charge is 1.97. The lowest BCUT2D eigenvalue weighted by Gasteiger charge is -2.07. The van der Waals surface area contributed by atoms with Crippen LogP contribution in [0.5, 0.6) is 11.5 Å². The molecule has 0 radical (unpaired) electrons. The summed E-state index contributed by atoms with van der Waals surface area (Å²) in [5.41, 5.74) is 1.19. The van der Waals surface area contributed by atoms with Crippen molar-refractivity contribution >= 4 is 0 Å². The first-order valence-corrected chi connectivity index (χ1v) is 6.04. The highest BCUT2D eigenvalue weighted by molar-refractivity contribution is 5.31. The molecule has 1 aromatic heterocycles. The quantitative estimate of drug-likeness (QED) is 0.735. The largest absolute Gasteiger partial charge is 0.497 e. The van der Waals surface area contributed by atoms with Gasteiger partial charge in [-0.25, -0.2) is 0 Å².